The Labute approximate surface area is 110 Å². The summed E-state index contributed by atoms with van der Waals surface area (Å²) in [6.07, 6.45) is 0.665. The summed E-state index contributed by atoms with van der Waals surface area (Å²) in [5, 5.41) is 0. The molecule has 1 amide bonds. The largest absolute Gasteiger partial charge is 0.443 e. The molecule has 0 saturated carbocycles. The van der Waals surface area contributed by atoms with Crippen molar-refractivity contribution in [3.8, 4) is 0 Å². The van der Waals surface area contributed by atoms with E-state index in [4.69, 9.17) is 4.74 Å². The van der Waals surface area contributed by atoms with Crippen molar-refractivity contribution in [1.82, 2.24) is 4.98 Å². The lowest BCUT2D eigenvalue weighted by Gasteiger charge is -2.30. The molecule has 2 rings (SSSR count). The molecule has 19 heavy (non-hydrogen) atoms. The fourth-order valence-electron chi connectivity index (χ4n) is 1.83. The van der Waals surface area contributed by atoms with Crippen LogP contribution in [0.5, 0.6) is 0 Å². The van der Waals surface area contributed by atoms with E-state index in [0.29, 0.717) is 0 Å². The van der Waals surface area contributed by atoms with E-state index in [1.165, 1.54) is 11.1 Å². The summed E-state index contributed by atoms with van der Waals surface area (Å²) in [7, 11) is 0. The van der Waals surface area contributed by atoms with Gasteiger partial charge in [-0.3, -0.25) is 9.69 Å². The standard InChI is InChI=1S/C13H15FN2O3/c1-13(2,3)19-12(18)16-7-5-9(17)10-8(14)4-6-15-11(10)16/h4,6H,5,7H2,1-3H3. The number of hydrogen-bond donors (Lipinski definition) is 0. The number of Topliss-reactive ketones (excluding diaryl/α,β-unsaturated/α-hetero) is 1. The third-order valence-electron chi connectivity index (χ3n) is 2.59. The molecule has 6 heteroatoms. The molecule has 2 heterocycles. The highest BCUT2D eigenvalue weighted by Crippen LogP contribution is 2.28. The highest BCUT2D eigenvalue weighted by atomic mass is 19.1. The molecule has 0 N–H and O–H groups in total. The number of ether oxygens (including phenoxy) is 1. The number of carbonyl (C=O) groups is 2. The second kappa shape index (κ2) is 4.60. The zero-order valence-electron chi connectivity index (χ0n) is 11.1. The Morgan fingerprint density at radius 1 is 1.47 bits per heavy atom. The average molecular weight is 266 g/mol. The summed E-state index contributed by atoms with van der Waals surface area (Å²) >= 11 is 0. The first kappa shape index (κ1) is 13.5. The third kappa shape index (κ3) is 2.72. The van der Waals surface area contributed by atoms with Gasteiger partial charge in [-0.1, -0.05) is 0 Å². The Morgan fingerprint density at radius 3 is 2.79 bits per heavy atom. The molecule has 5 nitrogen and oxygen atoms in total. The van der Waals surface area contributed by atoms with Crippen LogP contribution in [0.15, 0.2) is 12.3 Å². The average Bonchev–Trinajstić information content (AvgIpc) is 2.26. The highest BCUT2D eigenvalue weighted by Gasteiger charge is 2.33. The van der Waals surface area contributed by atoms with Gasteiger partial charge in [0, 0.05) is 19.2 Å². The minimum atomic E-state index is -0.664. The van der Waals surface area contributed by atoms with Gasteiger partial charge in [0.05, 0.1) is 5.56 Å². The number of fused-ring (bicyclic) bond motifs is 1. The maximum Gasteiger partial charge on any atom is 0.416 e. The molecule has 0 aliphatic carbocycles. The van der Waals surface area contributed by atoms with Gasteiger partial charge in [-0.2, -0.15) is 0 Å². The monoisotopic (exact) mass is 266 g/mol. The fourth-order valence-corrected chi connectivity index (χ4v) is 1.83. The maximum absolute atomic E-state index is 13.7. The molecule has 0 atom stereocenters. The molecule has 102 valence electrons. The van der Waals surface area contributed by atoms with Gasteiger partial charge in [0.15, 0.2) is 11.6 Å². The van der Waals surface area contributed by atoms with Gasteiger partial charge in [0.2, 0.25) is 0 Å². The summed E-state index contributed by atoms with van der Waals surface area (Å²) in [4.78, 5) is 28.9. The van der Waals surface area contributed by atoms with E-state index < -0.39 is 17.5 Å². The van der Waals surface area contributed by atoms with Crippen LogP contribution in [0.4, 0.5) is 15.0 Å². The Morgan fingerprint density at radius 2 is 2.16 bits per heavy atom. The number of aromatic nitrogens is 1. The van der Waals surface area contributed by atoms with Crippen LogP contribution in [0.25, 0.3) is 0 Å². The number of nitrogens with zero attached hydrogens (tertiary/aromatic N) is 2. The van der Waals surface area contributed by atoms with Gasteiger partial charge in [-0.15, -0.1) is 0 Å². The maximum atomic E-state index is 13.7. The van der Waals surface area contributed by atoms with Crippen LogP contribution in [-0.4, -0.2) is 29.0 Å². The van der Waals surface area contributed by atoms with Crippen molar-refractivity contribution < 1.29 is 18.7 Å². The topological polar surface area (TPSA) is 59.5 Å². The molecule has 0 saturated heterocycles. The number of halogens is 1. The zero-order chi connectivity index (χ0) is 14.2. The van der Waals surface area contributed by atoms with Crippen molar-refractivity contribution in [2.75, 3.05) is 11.4 Å². The number of pyridine rings is 1. The summed E-state index contributed by atoms with van der Waals surface area (Å²) in [5.74, 6) is -0.978. The number of anilines is 1. The van der Waals surface area contributed by atoms with Crippen LogP contribution in [0.1, 0.15) is 37.6 Å². The normalized spacial score (nSPS) is 15.2. The van der Waals surface area contributed by atoms with Crippen LogP contribution >= 0.6 is 0 Å². The predicted octanol–water partition coefficient (Wildman–Crippen LogP) is 2.55. The van der Waals surface area contributed by atoms with E-state index in [-0.39, 0.29) is 30.1 Å². The van der Waals surface area contributed by atoms with E-state index in [1.807, 2.05) is 0 Å². The molecule has 0 unspecified atom stereocenters. The van der Waals surface area contributed by atoms with Crippen molar-refractivity contribution in [3.63, 3.8) is 0 Å². The molecular weight excluding hydrogens is 251 g/mol. The number of rotatable bonds is 0. The number of ketones is 1. The predicted molar refractivity (Wildman–Crippen MR) is 66.7 cm³/mol. The zero-order valence-corrected chi connectivity index (χ0v) is 11.1. The van der Waals surface area contributed by atoms with Crippen molar-refractivity contribution in [1.29, 1.82) is 0 Å². The summed E-state index contributed by atoms with van der Waals surface area (Å²) < 4.78 is 18.9. The summed E-state index contributed by atoms with van der Waals surface area (Å²) in [5.41, 5.74) is -0.800. The van der Waals surface area contributed by atoms with Gasteiger partial charge in [0.25, 0.3) is 0 Å². The van der Waals surface area contributed by atoms with E-state index in [0.717, 1.165) is 6.07 Å². The lowest BCUT2D eigenvalue weighted by molar-refractivity contribution is 0.0576. The van der Waals surface area contributed by atoms with E-state index in [1.54, 1.807) is 20.8 Å². The number of amides is 1. The lowest BCUT2D eigenvalue weighted by Crippen LogP contribution is -2.42. The van der Waals surface area contributed by atoms with Crippen LogP contribution in [0.3, 0.4) is 0 Å². The first-order valence-corrected chi connectivity index (χ1v) is 5.98. The number of carbonyl (C=O) groups excluding carboxylic acids is 2. The Bertz CT molecular complexity index is 537. The first-order chi connectivity index (χ1) is 8.79. The van der Waals surface area contributed by atoms with E-state index >= 15 is 0 Å². The van der Waals surface area contributed by atoms with Crippen molar-refractivity contribution in [3.05, 3.63) is 23.6 Å². The molecule has 0 bridgehead atoms. The molecule has 1 aromatic rings. The minimum absolute atomic E-state index is 0.0329. The summed E-state index contributed by atoms with van der Waals surface area (Å²) in [6.45, 7) is 5.36. The van der Waals surface area contributed by atoms with E-state index in [9.17, 15) is 14.0 Å². The second-order valence-corrected chi connectivity index (χ2v) is 5.30. The van der Waals surface area contributed by atoms with Crippen LogP contribution < -0.4 is 4.90 Å². The fraction of sp³-hybridized carbons (Fsp3) is 0.462. The van der Waals surface area contributed by atoms with Crippen molar-refractivity contribution in [2.45, 2.75) is 32.8 Å². The Balaban J connectivity index is 2.37. The smallest absolute Gasteiger partial charge is 0.416 e. The van der Waals surface area contributed by atoms with Crippen LogP contribution in [0.2, 0.25) is 0 Å². The SMILES string of the molecule is CC(C)(C)OC(=O)N1CCC(=O)c2c(F)ccnc21. The molecule has 1 aromatic heterocycles. The van der Waals surface area contributed by atoms with Gasteiger partial charge in [-0.05, 0) is 26.8 Å². The minimum Gasteiger partial charge on any atom is -0.443 e. The molecule has 0 aromatic carbocycles. The molecular formula is C13H15FN2O3. The molecule has 0 fully saturated rings. The first-order valence-electron chi connectivity index (χ1n) is 5.98. The second-order valence-electron chi connectivity index (χ2n) is 5.30. The van der Waals surface area contributed by atoms with Crippen molar-refractivity contribution in [2.24, 2.45) is 0 Å². The Hall–Kier alpha value is -1.98. The Kier molecular flexibility index (Phi) is 3.26. The van der Waals surface area contributed by atoms with Gasteiger partial charge < -0.3 is 4.74 Å². The van der Waals surface area contributed by atoms with Crippen molar-refractivity contribution >= 4 is 17.7 Å². The molecule has 0 spiro atoms. The highest BCUT2D eigenvalue weighted by molar-refractivity contribution is 6.06. The lowest BCUT2D eigenvalue weighted by atomic mass is 10.0. The third-order valence-corrected chi connectivity index (χ3v) is 2.59. The van der Waals surface area contributed by atoms with Gasteiger partial charge in [0.1, 0.15) is 11.4 Å². The van der Waals surface area contributed by atoms with Gasteiger partial charge in [-0.25, -0.2) is 14.2 Å². The van der Waals surface area contributed by atoms with Crippen LogP contribution in [0, 0.1) is 5.82 Å². The quantitative estimate of drug-likeness (QED) is 0.724. The molecule has 1 aliphatic heterocycles. The molecule has 1 aliphatic rings. The van der Waals surface area contributed by atoms with Crippen LogP contribution in [-0.2, 0) is 4.74 Å². The summed E-state index contributed by atoms with van der Waals surface area (Å²) in [6, 6.07) is 1.11. The van der Waals surface area contributed by atoms with Gasteiger partial charge >= 0.3 is 6.09 Å². The molecule has 0 radical (unpaired) electrons. The number of hydrogen-bond acceptors (Lipinski definition) is 4. The van der Waals surface area contributed by atoms with E-state index in [2.05, 4.69) is 4.98 Å².